The largest absolute Gasteiger partial charge is 0.360 e. The number of aromatic nitrogens is 6. The van der Waals surface area contributed by atoms with Crippen LogP contribution in [-0.4, -0.2) is 66.6 Å². The van der Waals surface area contributed by atoms with Gasteiger partial charge in [-0.1, -0.05) is 6.07 Å². The molecule has 1 aromatic carbocycles. The van der Waals surface area contributed by atoms with E-state index in [0.717, 1.165) is 6.07 Å². The van der Waals surface area contributed by atoms with Crippen molar-refractivity contribution in [3.8, 4) is 22.5 Å². The lowest BCUT2D eigenvalue weighted by Gasteiger charge is -2.17. The predicted molar refractivity (Wildman–Crippen MR) is 118 cm³/mol. The maximum Gasteiger partial charge on any atom is 0.241 e. The lowest BCUT2D eigenvalue weighted by molar-refractivity contribution is 0.563. The molecule has 0 amide bonds. The van der Waals surface area contributed by atoms with Crippen molar-refractivity contribution < 1.29 is 16.8 Å². The number of rotatable bonds is 8. The molecule has 0 aliphatic heterocycles. The van der Waals surface area contributed by atoms with Crippen molar-refractivity contribution in [1.29, 1.82) is 0 Å². The smallest absolute Gasteiger partial charge is 0.241 e. The first-order valence-electron chi connectivity index (χ1n) is 9.44. The van der Waals surface area contributed by atoms with E-state index in [-0.39, 0.29) is 30.0 Å². The molecular formula is C17H20N10O4S2. The van der Waals surface area contributed by atoms with Gasteiger partial charge in [0.1, 0.15) is 9.79 Å². The highest BCUT2D eigenvalue weighted by atomic mass is 32.2. The van der Waals surface area contributed by atoms with Crippen molar-refractivity contribution in [2.45, 2.75) is 15.8 Å². The van der Waals surface area contributed by atoms with Crippen molar-refractivity contribution in [3.63, 3.8) is 0 Å². The number of aromatic amines is 2. The molecule has 3 aromatic heterocycles. The summed E-state index contributed by atoms with van der Waals surface area (Å²) >= 11 is 0. The Hall–Kier alpha value is -3.28. The number of nitrogens with two attached hydrogens (primary N) is 3. The average Bonchev–Trinajstić information content (AvgIpc) is 3.47. The van der Waals surface area contributed by atoms with E-state index in [1.807, 2.05) is 0 Å². The van der Waals surface area contributed by atoms with Crippen LogP contribution in [0.25, 0.3) is 33.5 Å². The van der Waals surface area contributed by atoms with Crippen molar-refractivity contribution in [1.82, 2.24) is 35.3 Å². The molecule has 16 heteroatoms. The van der Waals surface area contributed by atoms with Crippen LogP contribution in [0, 0.1) is 0 Å². The third kappa shape index (κ3) is 4.47. The number of pyridine rings is 1. The summed E-state index contributed by atoms with van der Waals surface area (Å²) in [5.74, 6) is -0.170. The zero-order chi connectivity index (χ0) is 23.8. The first-order chi connectivity index (χ1) is 15.6. The number of nitrogens with zero attached hydrogens (tertiary/aromatic N) is 4. The van der Waals surface area contributed by atoms with Gasteiger partial charge >= 0.3 is 0 Å². The Morgan fingerprint density at radius 2 is 1.94 bits per heavy atom. The van der Waals surface area contributed by atoms with E-state index in [1.165, 1.54) is 12.3 Å². The van der Waals surface area contributed by atoms with Gasteiger partial charge in [0.2, 0.25) is 25.9 Å². The first-order valence-corrected chi connectivity index (χ1v) is 12.5. The molecule has 174 valence electrons. The second-order valence-corrected chi connectivity index (χ2v) is 10.3. The third-order valence-electron chi connectivity index (χ3n) is 4.81. The van der Waals surface area contributed by atoms with Crippen LogP contribution >= 0.6 is 0 Å². The van der Waals surface area contributed by atoms with E-state index in [4.69, 9.17) is 16.6 Å². The Morgan fingerprint density at radius 1 is 1.15 bits per heavy atom. The van der Waals surface area contributed by atoms with Gasteiger partial charge in [-0.25, -0.2) is 26.7 Å². The van der Waals surface area contributed by atoms with Crippen molar-refractivity contribution in [2.24, 2.45) is 16.6 Å². The molecule has 4 rings (SSSR count). The normalized spacial score (nSPS) is 13.4. The molecule has 3 heterocycles. The number of benzene rings is 1. The fourth-order valence-electron chi connectivity index (χ4n) is 3.25. The van der Waals surface area contributed by atoms with Gasteiger partial charge < -0.3 is 16.5 Å². The van der Waals surface area contributed by atoms with Crippen LogP contribution in [0.1, 0.15) is 0 Å². The summed E-state index contributed by atoms with van der Waals surface area (Å²) in [6.07, 6.45) is 3.21. The molecule has 0 aliphatic rings. The molecule has 33 heavy (non-hydrogen) atoms. The summed E-state index contributed by atoms with van der Waals surface area (Å²) < 4.78 is 53.7. The van der Waals surface area contributed by atoms with E-state index in [9.17, 15) is 16.8 Å². The molecule has 0 aliphatic carbocycles. The van der Waals surface area contributed by atoms with Crippen LogP contribution in [0.4, 0.5) is 0 Å². The number of hydrogen-bond acceptors (Lipinski definition) is 10. The SMILES string of the molecule is NCC(N)CNS(=O)(=O)c1ccc(-c2cnc3cc[nH]c3c2)c(-c2nn[nH]n2)c1S(N)(=O)=O. The molecule has 0 bridgehead atoms. The van der Waals surface area contributed by atoms with Gasteiger partial charge in [-0.15, -0.1) is 10.2 Å². The van der Waals surface area contributed by atoms with Crippen LogP contribution in [0.5, 0.6) is 0 Å². The molecular weight excluding hydrogens is 472 g/mol. The van der Waals surface area contributed by atoms with Crippen molar-refractivity contribution in [2.75, 3.05) is 13.1 Å². The minimum atomic E-state index is -4.60. The fraction of sp³-hybridized carbons (Fsp3) is 0.176. The molecule has 4 aromatic rings. The summed E-state index contributed by atoms with van der Waals surface area (Å²) in [4.78, 5) is 6.06. The standard InChI is InChI=1S/C17H20N10O4S2/c18-6-10(19)8-23-33(30,31)14-2-1-11(9-5-13-12(22-7-9)3-4-21-13)15(16(14)32(20,28)29)17-24-26-27-25-17/h1-5,7,10,21,23H,6,8,18-19H2,(H2,20,28,29)(H,24,25,26,27). The molecule has 9 N–H and O–H groups in total. The topological polar surface area (TPSA) is 242 Å². The zero-order valence-electron chi connectivity index (χ0n) is 16.9. The van der Waals surface area contributed by atoms with E-state index in [2.05, 4.69) is 35.3 Å². The van der Waals surface area contributed by atoms with Crippen LogP contribution in [0.3, 0.4) is 0 Å². The van der Waals surface area contributed by atoms with Gasteiger partial charge in [0.05, 0.1) is 16.6 Å². The molecule has 0 saturated heterocycles. The monoisotopic (exact) mass is 492 g/mol. The Bertz CT molecular complexity index is 1510. The third-order valence-corrected chi connectivity index (χ3v) is 7.40. The quantitative estimate of drug-likeness (QED) is 0.168. The van der Waals surface area contributed by atoms with Gasteiger partial charge in [-0.3, -0.25) is 4.98 Å². The maximum absolute atomic E-state index is 13.0. The van der Waals surface area contributed by atoms with Gasteiger partial charge in [0, 0.05) is 37.1 Å². The fourth-order valence-corrected chi connectivity index (χ4v) is 5.94. The minimum Gasteiger partial charge on any atom is -0.360 e. The van der Waals surface area contributed by atoms with Gasteiger partial charge in [-0.05, 0) is 29.0 Å². The van der Waals surface area contributed by atoms with Gasteiger partial charge in [0.15, 0.2) is 0 Å². The van der Waals surface area contributed by atoms with Crippen LogP contribution < -0.4 is 21.3 Å². The summed E-state index contributed by atoms with van der Waals surface area (Å²) in [5, 5.41) is 18.9. The second-order valence-electron chi connectivity index (χ2n) is 7.08. The van der Waals surface area contributed by atoms with E-state index in [1.54, 1.807) is 18.3 Å². The molecule has 0 saturated carbocycles. The number of H-pyrrole nitrogens is 2. The first kappa shape index (κ1) is 22.9. The number of nitrogens with one attached hydrogen (secondary N) is 3. The Kier molecular flexibility index (Phi) is 5.95. The van der Waals surface area contributed by atoms with Crippen LogP contribution in [0.2, 0.25) is 0 Å². The highest BCUT2D eigenvalue weighted by Gasteiger charge is 2.32. The Labute approximate surface area is 188 Å². The minimum absolute atomic E-state index is 0.0197. The summed E-state index contributed by atoms with van der Waals surface area (Å²) in [6.45, 7) is -0.193. The average molecular weight is 493 g/mol. The van der Waals surface area contributed by atoms with Crippen molar-refractivity contribution in [3.05, 3.63) is 36.7 Å². The summed E-state index contributed by atoms with van der Waals surface area (Å²) in [5.41, 5.74) is 13.1. The Balaban J connectivity index is 2.00. The van der Waals surface area contributed by atoms with E-state index in [0.29, 0.717) is 16.6 Å². The Morgan fingerprint density at radius 3 is 2.61 bits per heavy atom. The lowest BCUT2D eigenvalue weighted by atomic mass is 10.00. The van der Waals surface area contributed by atoms with E-state index < -0.39 is 35.9 Å². The van der Waals surface area contributed by atoms with Gasteiger partial charge in [-0.2, -0.15) is 5.21 Å². The number of primary sulfonamides is 1. The molecule has 14 nitrogen and oxygen atoms in total. The summed E-state index contributed by atoms with van der Waals surface area (Å²) in [7, 11) is -8.97. The molecule has 0 radical (unpaired) electrons. The highest BCUT2D eigenvalue weighted by molar-refractivity contribution is 7.92. The molecule has 1 atom stereocenters. The lowest BCUT2D eigenvalue weighted by Crippen LogP contribution is -2.42. The zero-order valence-corrected chi connectivity index (χ0v) is 18.6. The number of sulfonamides is 2. The van der Waals surface area contributed by atoms with Crippen molar-refractivity contribution >= 4 is 31.1 Å². The summed E-state index contributed by atoms with van der Waals surface area (Å²) in [6, 6.07) is 5.37. The molecule has 0 fully saturated rings. The predicted octanol–water partition coefficient (Wildman–Crippen LogP) is -1.38. The number of fused-ring (bicyclic) bond motifs is 1. The van der Waals surface area contributed by atoms with Crippen LogP contribution in [-0.2, 0) is 20.0 Å². The maximum atomic E-state index is 13.0. The van der Waals surface area contributed by atoms with Gasteiger partial charge in [0.25, 0.3) is 0 Å². The number of tetrazole rings is 1. The van der Waals surface area contributed by atoms with Crippen LogP contribution in [0.15, 0.2) is 46.5 Å². The van der Waals surface area contributed by atoms with E-state index >= 15 is 0 Å². The second kappa shape index (κ2) is 8.58. The molecule has 1 unspecified atom stereocenters. The number of hydrogen-bond donors (Lipinski definition) is 6. The highest BCUT2D eigenvalue weighted by Crippen LogP contribution is 2.38. The molecule has 0 spiro atoms.